The van der Waals surface area contributed by atoms with Crippen molar-refractivity contribution in [3.8, 4) is 0 Å². The SMILES string of the molecule is Nc1cc[nH]c(=O)c1C(=O)O. The molecule has 0 spiro atoms. The lowest BCUT2D eigenvalue weighted by atomic mass is 10.2. The monoisotopic (exact) mass is 154 g/mol. The number of nitrogens with two attached hydrogens (primary N) is 1. The van der Waals surface area contributed by atoms with Crippen LogP contribution in [0.25, 0.3) is 0 Å². The summed E-state index contributed by atoms with van der Waals surface area (Å²) < 4.78 is 0. The molecule has 0 radical (unpaired) electrons. The van der Waals surface area contributed by atoms with Gasteiger partial charge in [-0.1, -0.05) is 0 Å². The predicted molar refractivity (Wildman–Crippen MR) is 38.4 cm³/mol. The summed E-state index contributed by atoms with van der Waals surface area (Å²) in [7, 11) is 0. The van der Waals surface area contributed by atoms with Crippen LogP contribution in [0.4, 0.5) is 5.69 Å². The van der Waals surface area contributed by atoms with Gasteiger partial charge in [-0.2, -0.15) is 0 Å². The summed E-state index contributed by atoms with van der Waals surface area (Å²) in [6.45, 7) is 0. The van der Waals surface area contributed by atoms with Crippen LogP contribution in [-0.2, 0) is 0 Å². The van der Waals surface area contributed by atoms with E-state index in [0.717, 1.165) is 0 Å². The van der Waals surface area contributed by atoms with Crippen molar-refractivity contribution in [1.29, 1.82) is 0 Å². The van der Waals surface area contributed by atoms with Gasteiger partial charge in [-0.15, -0.1) is 0 Å². The number of rotatable bonds is 1. The first-order chi connectivity index (χ1) is 5.13. The maximum Gasteiger partial charge on any atom is 0.343 e. The molecule has 0 saturated heterocycles. The number of aromatic nitrogens is 1. The molecule has 5 nitrogen and oxygen atoms in total. The van der Waals surface area contributed by atoms with Crippen LogP contribution in [-0.4, -0.2) is 16.1 Å². The third-order valence-electron chi connectivity index (χ3n) is 1.21. The second-order valence-corrected chi connectivity index (χ2v) is 1.94. The van der Waals surface area contributed by atoms with E-state index >= 15 is 0 Å². The molecule has 1 rings (SSSR count). The van der Waals surface area contributed by atoms with Gasteiger partial charge in [-0.3, -0.25) is 4.79 Å². The molecule has 0 saturated carbocycles. The second-order valence-electron chi connectivity index (χ2n) is 1.94. The number of pyridine rings is 1. The van der Waals surface area contributed by atoms with Crippen LogP contribution in [0.3, 0.4) is 0 Å². The van der Waals surface area contributed by atoms with Gasteiger partial charge in [0.05, 0.1) is 5.69 Å². The Labute approximate surface area is 61.5 Å². The summed E-state index contributed by atoms with van der Waals surface area (Å²) in [5.41, 5.74) is 4.10. The molecule has 0 bridgehead atoms. The zero-order valence-corrected chi connectivity index (χ0v) is 5.50. The van der Waals surface area contributed by atoms with Crippen LogP contribution in [0.15, 0.2) is 17.1 Å². The van der Waals surface area contributed by atoms with Gasteiger partial charge < -0.3 is 15.8 Å². The quantitative estimate of drug-likeness (QED) is 0.515. The maximum atomic E-state index is 10.8. The summed E-state index contributed by atoms with van der Waals surface area (Å²) in [6.07, 6.45) is 1.30. The van der Waals surface area contributed by atoms with Crippen LogP contribution in [0.2, 0.25) is 0 Å². The molecule has 4 N–H and O–H groups in total. The van der Waals surface area contributed by atoms with Crippen molar-refractivity contribution in [2.75, 3.05) is 5.73 Å². The lowest BCUT2D eigenvalue weighted by molar-refractivity contribution is 0.0696. The minimum atomic E-state index is -1.32. The third-order valence-corrected chi connectivity index (χ3v) is 1.21. The van der Waals surface area contributed by atoms with Gasteiger partial charge in [-0.05, 0) is 6.07 Å². The van der Waals surface area contributed by atoms with E-state index in [1.807, 2.05) is 0 Å². The van der Waals surface area contributed by atoms with Gasteiger partial charge in [-0.25, -0.2) is 4.79 Å². The van der Waals surface area contributed by atoms with Crippen molar-refractivity contribution >= 4 is 11.7 Å². The smallest absolute Gasteiger partial charge is 0.343 e. The molecule has 0 aromatic carbocycles. The van der Waals surface area contributed by atoms with E-state index in [2.05, 4.69) is 4.98 Å². The Bertz CT molecular complexity index is 342. The number of carboxylic acids is 1. The van der Waals surface area contributed by atoms with E-state index in [9.17, 15) is 9.59 Å². The van der Waals surface area contributed by atoms with E-state index in [0.29, 0.717) is 0 Å². The number of carbonyl (C=O) groups is 1. The number of aromatic amines is 1. The van der Waals surface area contributed by atoms with Gasteiger partial charge in [0, 0.05) is 6.20 Å². The largest absolute Gasteiger partial charge is 0.477 e. The van der Waals surface area contributed by atoms with E-state index in [1.165, 1.54) is 12.3 Å². The fourth-order valence-electron chi connectivity index (χ4n) is 0.714. The Morgan fingerprint density at radius 3 is 2.64 bits per heavy atom. The molecule has 0 fully saturated rings. The standard InChI is InChI=1S/C6H6N2O3/c7-3-1-2-8-5(9)4(3)6(10)11/h1-2H,(H,10,11)(H3,7,8,9). The van der Waals surface area contributed by atoms with E-state index in [-0.39, 0.29) is 5.69 Å². The van der Waals surface area contributed by atoms with Gasteiger partial charge in [0.15, 0.2) is 0 Å². The van der Waals surface area contributed by atoms with Crippen molar-refractivity contribution < 1.29 is 9.90 Å². The second kappa shape index (κ2) is 2.45. The lowest BCUT2D eigenvalue weighted by Crippen LogP contribution is -2.18. The molecule has 0 atom stereocenters. The Kier molecular flexibility index (Phi) is 1.63. The van der Waals surface area contributed by atoms with Gasteiger partial charge in [0.2, 0.25) is 0 Å². The van der Waals surface area contributed by atoms with Crippen molar-refractivity contribution in [3.63, 3.8) is 0 Å². The van der Waals surface area contributed by atoms with Crippen LogP contribution in [0.1, 0.15) is 10.4 Å². The number of nitrogens with one attached hydrogen (secondary N) is 1. The molecule has 11 heavy (non-hydrogen) atoms. The molecule has 0 amide bonds. The number of H-pyrrole nitrogens is 1. The van der Waals surface area contributed by atoms with Gasteiger partial charge >= 0.3 is 5.97 Å². The highest BCUT2D eigenvalue weighted by molar-refractivity contribution is 5.92. The maximum absolute atomic E-state index is 10.8. The Morgan fingerprint density at radius 2 is 2.27 bits per heavy atom. The molecule has 1 aromatic rings. The lowest BCUT2D eigenvalue weighted by Gasteiger charge is -1.95. The fourth-order valence-corrected chi connectivity index (χ4v) is 0.714. The first-order valence-electron chi connectivity index (χ1n) is 2.83. The van der Waals surface area contributed by atoms with E-state index < -0.39 is 17.1 Å². The minimum Gasteiger partial charge on any atom is -0.477 e. The van der Waals surface area contributed by atoms with E-state index in [4.69, 9.17) is 10.8 Å². The van der Waals surface area contributed by atoms with Crippen LogP contribution < -0.4 is 11.3 Å². The van der Waals surface area contributed by atoms with Crippen molar-refractivity contribution in [3.05, 3.63) is 28.2 Å². The average Bonchev–Trinajstić information content (AvgIpc) is 1.85. The molecule has 5 heteroatoms. The van der Waals surface area contributed by atoms with Crippen LogP contribution in [0.5, 0.6) is 0 Å². The molecule has 1 heterocycles. The Balaban J connectivity index is 3.45. The molecule has 58 valence electrons. The summed E-state index contributed by atoms with van der Waals surface area (Å²) in [6, 6.07) is 1.32. The highest BCUT2D eigenvalue weighted by atomic mass is 16.4. The van der Waals surface area contributed by atoms with Crippen molar-refractivity contribution in [2.24, 2.45) is 0 Å². The summed E-state index contributed by atoms with van der Waals surface area (Å²) in [5, 5.41) is 8.45. The number of hydrogen-bond donors (Lipinski definition) is 3. The van der Waals surface area contributed by atoms with Crippen LogP contribution >= 0.6 is 0 Å². The fraction of sp³-hybridized carbons (Fsp3) is 0. The average molecular weight is 154 g/mol. The molecular formula is C6H6N2O3. The predicted octanol–water partition coefficient (Wildman–Crippen LogP) is -0.345. The number of hydrogen-bond acceptors (Lipinski definition) is 3. The molecule has 1 aromatic heterocycles. The van der Waals surface area contributed by atoms with Gasteiger partial charge in [0.25, 0.3) is 5.56 Å². The number of anilines is 1. The van der Waals surface area contributed by atoms with Crippen molar-refractivity contribution in [2.45, 2.75) is 0 Å². The number of nitrogen functional groups attached to an aromatic ring is 1. The molecule has 0 unspecified atom stereocenters. The Morgan fingerprint density at radius 1 is 1.64 bits per heavy atom. The Hall–Kier alpha value is -1.78. The van der Waals surface area contributed by atoms with Crippen LogP contribution in [0, 0.1) is 0 Å². The highest BCUT2D eigenvalue weighted by Crippen LogP contribution is 2.02. The highest BCUT2D eigenvalue weighted by Gasteiger charge is 2.11. The summed E-state index contributed by atoms with van der Waals surface area (Å²) >= 11 is 0. The molecule has 0 aliphatic heterocycles. The zero-order chi connectivity index (χ0) is 8.43. The first kappa shape index (κ1) is 7.33. The third kappa shape index (κ3) is 1.21. The summed E-state index contributed by atoms with van der Waals surface area (Å²) in [4.78, 5) is 23.3. The molecule has 0 aliphatic rings. The normalized spacial score (nSPS) is 9.45. The topological polar surface area (TPSA) is 96.2 Å². The summed E-state index contributed by atoms with van der Waals surface area (Å²) in [5.74, 6) is -1.32. The molecular weight excluding hydrogens is 148 g/mol. The van der Waals surface area contributed by atoms with Crippen molar-refractivity contribution in [1.82, 2.24) is 4.98 Å². The van der Waals surface area contributed by atoms with Gasteiger partial charge in [0.1, 0.15) is 5.56 Å². The van der Waals surface area contributed by atoms with E-state index in [1.54, 1.807) is 0 Å². The number of carboxylic acid groups (broad SMARTS) is 1. The number of aromatic carboxylic acids is 1. The minimum absolute atomic E-state index is 0.0266. The molecule has 0 aliphatic carbocycles. The first-order valence-corrected chi connectivity index (χ1v) is 2.83. The zero-order valence-electron chi connectivity index (χ0n) is 5.50.